The maximum atomic E-state index is 13.4. The fraction of sp³-hybridized carbons (Fsp3) is 0.231. The van der Waals surface area contributed by atoms with Crippen LogP contribution in [0.4, 0.5) is 10.1 Å². The molecule has 5 aromatic rings. The van der Waals surface area contributed by atoms with Gasteiger partial charge in [-0.2, -0.15) is 9.50 Å². The van der Waals surface area contributed by atoms with Gasteiger partial charge in [-0.25, -0.2) is 4.39 Å². The molecule has 0 saturated carbocycles. The molecule has 1 N–H and O–H groups in total. The molecule has 7 nitrogen and oxygen atoms in total. The van der Waals surface area contributed by atoms with Crippen LogP contribution in [0.5, 0.6) is 5.88 Å². The lowest BCUT2D eigenvalue weighted by atomic mass is 10.0. The van der Waals surface area contributed by atoms with E-state index in [9.17, 15) is 9.50 Å². The number of piperazine rings is 1. The Hall–Kier alpha value is -3.69. The second-order valence-electron chi connectivity index (χ2n) is 8.71. The molecule has 0 aliphatic carbocycles. The SMILES string of the molecule is Cc1ccc([C@@H](c2sc3nc(-c4ccco4)nn3c2O)N2CCN(c3ccc(F)cc3)CC2)cc1. The molecule has 1 aliphatic rings. The van der Waals surface area contributed by atoms with Gasteiger partial charge in [-0.3, -0.25) is 4.90 Å². The minimum Gasteiger partial charge on any atom is -0.492 e. The summed E-state index contributed by atoms with van der Waals surface area (Å²) >= 11 is 1.44. The standard InChI is InChI=1S/C26H24FN5O2S/c1-17-4-6-18(7-5-17)22(31-14-12-30(13-15-31)20-10-8-19(27)9-11-20)23-25(33)32-26(35-23)28-24(29-32)21-3-2-16-34-21/h2-11,16,22,33H,12-15H2,1H3/t22-/m0/s1. The van der Waals surface area contributed by atoms with Crippen molar-refractivity contribution in [3.8, 4) is 17.5 Å². The van der Waals surface area contributed by atoms with Gasteiger partial charge >= 0.3 is 0 Å². The predicted molar refractivity (Wildman–Crippen MR) is 133 cm³/mol. The van der Waals surface area contributed by atoms with Gasteiger partial charge in [0.25, 0.3) is 0 Å². The summed E-state index contributed by atoms with van der Waals surface area (Å²) in [5, 5.41) is 15.7. The average molecular weight is 490 g/mol. The molecule has 3 aromatic heterocycles. The normalized spacial score (nSPS) is 15.7. The van der Waals surface area contributed by atoms with Crippen LogP contribution in [0, 0.1) is 12.7 Å². The number of thiazole rings is 1. The van der Waals surface area contributed by atoms with E-state index in [1.165, 1.54) is 33.5 Å². The van der Waals surface area contributed by atoms with Crippen molar-refractivity contribution in [1.82, 2.24) is 19.5 Å². The first-order chi connectivity index (χ1) is 17.1. The van der Waals surface area contributed by atoms with Crippen molar-refractivity contribution >= 4 is 22.0 Å². The Kier molecular flexibility index (Phi) is 5.50. The van der Waals surface area contributed by atoms with Crippen LogP contribution in [-0.2, 0) is 0 Å². The van der Waals surface area contributed by atoms with Gasteiger partial charge < -0.3 is 14.4 Å². The molecule has 4 heterocycles. The highest BCUT2D eigenvalue weighted by atomic mass is 32.1. The number of aromatic hydroxyl groups is 1. The van der Waals surface area contributed by atoms with Gasteiger partial charge in [0.1, 0.15) is 5.82 Å². The van der Waals surface area contributed by atoms with Gasteiger partial charge in [-0.05, 0) is 48.9 Å². The third-order valence-corrected chi connectivity index (χ3v) is 7.53. The summed E-state index contributed by atoms with van der Waals surface area (Å²) in [6.45, 7) is 5.26. The summed E-state index contributed by atoms with van der Waals surface area (Å²) < 4.78 is 20.3. The summed E-state index contributed by atoms with van der Waals surface area (Å²) in [7, 11) is 0. The second-order valence-corrected chi connectivity index (χ2v) is 9.72. The molecule has 178 valence electrons. The summed E-state index contributed by atoms with van der Waals surface area (Å²) in [6, 6.07) is 18.5. The molecule has 0 amide bonds. The quantitative estimate of drug-likeness (QED) is 0.370. The average Bonchev–Trinajstić information content (AvgIpc) is 3.61. The Bertz CT molecular complexity index is 1440. The van der Waals surface area contributed by atoms with Crippen LogP contribution in [0.3, 0.4) is 0 Å². The molecule has 6 rings (SSSR count). The van der Waals surface area contributed by atoms with Gasteiger partial charge in [0.2, 0.25) is 16.7 Å². The number of rotatable bonds is 5. The van der Waals surface area contributed by atoms with Gasteiger partial charge in [-0.15, -0.1) is 5.10 Å². The molecule has 0 unspecified atom stereocenters. The van der Waals surface area contributed by atoms with Crippen LogP contribution in [0.1, 0.15) is 22.0 Å². The van der Waals surface area contributed by atoms with Crippen molar-refractivity contribution in [2.45, 2.75) is 13.0 Å². The summed E-state index contributed by atoms with van der Waals surface area (Å²) in [5.74, 6) is 0.882. The zero-order valence-electron chi connectivity index (χ0n) is 19.1. The molecule has 2 aromatic carbocycles. The Morgan fingerprint density at radius 3 is 2.40 bits per heavy atom. The van der Waals surface area contributed by atoms with E-state index in [4.69, 9.17) is 4.42 Å². The van der Waals surface area contributed by atoms with E-state index < -0.39 is 0 Å². The molecule has 35 heavy (non-hydrogen) atoms. The van der Waals surface area contributed by atoms with Crippen LogP contribution >= 0.6 is 11.3 Å². The molecule has 0 bridgehead atoms. The van der Waals surface area contributed by atoms with Crippen molar-refractivity contribution in [3.63, 3.8) is 0 Å². The molecule has 1 atom stereocenters. The van der Waals surface area contributed by atoms with Crippen LogP contribution in [0.15, 0.2) is 71.3 Å². The highest BCUT2D eigenvalue weighted by Crippen LogP contribution is 2.41. The number of hydrogen-bond acceptors (Lipinski definition) is 7. The Balaban J connectivity index is 1.33. The van der Waals surface area contributed by atoms with E-state index in [1.54, 1.807) is 18.4 Å². The number of anilines is 1. The Morgan fingerprint density at radius 2 is 1.74 bits per heavy atom. The van der Waals surface area contributed by atoms with Gasteiger partial charge in [0.15, 0.2) is 5.76 Å². The first-order valence-corrected chi connectivity index (χ1v) is 12.3. The van der Waals surface area contributed by atoms with Crippen LogP contribution in [0.2, 0.25) is 0 Å². The van der Waals surface area contributed by atoms with E-state index >= 15 is 0 Å². The number of benzene rings is 2. The van der Waals surface area contributed by atoms with Crippen molar-refractivity contribution in [2.75, 3.05) is 31.1 Å². The van der Waals surface area contributed by atoms with Crippen LogP contribution in [-0.4, -0.2) is 50.8 Å². The van der Waals surface area contributed by atoms with E-state index in [0.717, 1.165) is 42.3 Å². The van der Waals surface area contributed by atoms with Crippen molar-refractivity contribution < 1.29 is 13.9 Å². The molecule has 1 saturated heterocycles. The molecule has 9 heteroatoms. The van der Waals surface area contributed by atoms with Gasteiger partial charge in [-0.1, -0.05) is 41.2 Å². The largest absolute Gasteiger partial charge is 0.492 e. The summed E-state index contributed by atoms with van der Waals surface area (Å²) in [6.07, 6.45) is 1.58. The number of aryl methyl sites for hydroxylation is 1. The third kappa shape index (κ3) is 4.06. The third-order valence-electron chi connectivity index (χ3n) is 6.45. The van der Waals surface area contributed by atoms with E-state index in [2.05, 4.69) is 51.1 Å². The highest BCUT2D eigenvalue weighted by molar-refractivity contribution is 7.17. The smallest absolute Gasteiger partial charge is 0.230 e. The lowest BCUT2D eigenvalue weighted by molar-refractivity contribution is 0.211. The fourth-order valence-corrected chi connectivity index (χ4v) is 5.72. The highest BCUT2D eigenvalue weighted by Gasteiger charge is 2.32. The first-order valence-electron chi connectivity index (χ1n) is 11.5. The first kappa shape index (κ1) is 21.8. The number of nitrogens with zero attached hydrogens (tertiary/aromatic N) is 5. The second kappa shape index (κ2) is 8.83. The van der Waals surface area contributed by atoms with Gasteiger partial charge in [0, 0.05) is 31.9 Å². The zero-order chi connectivity index (χ0) is 23.9. The monoisotopic (exact) mass is 489 g/mol. The maximum absolute atomic E-state index is 13.4. The minimum atomic E-state index is -0.228. The van der Waals surface area contributed by atoms with Crippen molar-refractivity contribution in [2.24, 2.45) is 0 Å². The lowest BCUT2D eigenvalue weighted by Crippen LogP contribution is -2.47. The van der Waals surface area contributed by atoms with Crippen molar-refractivity contribution in [3.05, 3.63) is 88.7 Å². The molecule has 1 fully saturated rings. The molecule has 0 spiro atoms. The topological polar surface area (TPSA) is 70.0 Å². The maximum Gasteiger partial charge on any atom is 0.230 e. The fourth-order valence-electron chi connectivity index (χ4n) is 4.61. The van der Waals surface area contributed by atoms with E-state index in [0.29, 0.717) is 16.5 Å². The number of halogens is 1. The summed E-state index contributed by atoms with van der Waals surface area (Å²) in [4.78, 5) is 10.7. The molecule has 1 aliphatic heterocycles. The van der Waals surface area contributed by atoms with E-state index in [-0.39, 0.29) is 17.7 Å². The Labute approximate surface area is 205 Å². The van der Waals surface area contributed by atoms with Crippen LogP contribution in [0.25, 0.3) is 16.5 Å². The van der Waals surface area contributed by atoms with Crippen LogP contribution < -0.4 is 4.90 Å². The zero-order valence-corrected chi connectivity index (χ0v) is 20.0. The predicted octanol–water partition coefficient (Wildman–Crippen LogP) is 5.12. The Morgan fingerprint density at radius 1 is 1.00 bits per heavy atom. The molecule has 0 radical (unpaired) electrons. The number of fused-ring (bicyclic) bond motifs is 1. The number of aromatic nitrogens is 3. The summed E-state index contributed by atoms with van der Waals surface area (Å²) in [5.41, 5.74) is 3.31. The van der Waals surface area contributed by atoms with Crippen molar-refractivity contribution in [1.29, 1.82) is 0 Å². The number of furan rings is 1. The van der Waals surface area contributed by atoms with Gasteiger partial charge in [0.05, 0.1) is 17.2 Å². The molecular formula is C26H24FN5O2S. The van der Waals surface area contributed by atoms with E-state index in [1.807, 2.05) is 12.1 Å². The molecular weight excluding hydrogens is 465 g/mol. The minimum absolute atomic E-state index is 0.0989. The number of hydrogen-bond donors (Lipinski definition) is 1. The lowest BCUT2D eigenvalue weighted by Gasteiger charge is -2.40.